The minimum absolute atomic E-state index is 0.279. The monoisotopic (exact) mass is 298 g/mol. The zero-order valence-corrected chi connectivity index (χ0v) is 13.3. The third kappa shape index (κ3) is 3.69. The van der Waals surface area contributed by atoms with Crippen molar-refractivity contribution < 1.29 is 5.11 Å². The molecule has 2 aromatic carbocycles. The summed E-state index contributed by atoms with van der Waals surface area (Å²) in [5.41, 5.74) is 4.11. The molecule has 21 heavy (non-hydrogen) atoms. The maximum absolute atomic E-state index is 9.72. The normalized spacial score (nSPS) is 18.5. The van der Waals surface area contributed by atoms with Crippen LogP contribution in [0.2, 0.25) is 0 Å². The highest BCUT2D eigenvalue weighted by Crippen LogP contribution is 2.39. The highest BCUT2D eigenvalue weighted by Gasteiger charge is 2.24. The van der Waals surface area contributed by atoms with Crippen molar-refractivity contribution in [2.75, 3.05) is 6.61 Å². The molecule has 0 amide bonds. The summed E-state index contributed by atoms with van der Waals surface area (Å²) in [5.74, 6) is 0.360. The van der Waals surface area contributed by atoms with E-state index in [0.29, 0.717) is 11.2 Å². The Morgan fingerprint density at radius 1 is 1.19 bits per heavy atom. The van der Waals surface area contributed by atoms with Crippen molar-refractivity contribution in [1.82, 2.24) is 0 Å². The van der Waals surface area contributed by atoms with Crippen LogP contribution in [-0.4, -0.2) is 17.0 Å². The molecule has 1 aliphatic heterocycles. The van der Waals surface area contributed by atoms with Gasteiger partial charge in [-0.3, -0.25) is 0 Å². The molecule has 110 valence electrons. The molecular weight excluding hydrogens is 276 g/mol. The Hall–Kier alpha value is -1.25. The largest absolute Gasteiger partial charge is 0.396 e. The van der Waals surface area contributed by atoms with Gasteiger partial charge in [0.1, 0.15) is 0 Å². The third-order valence-electron chi connectivity index (χ3n) is 4.18. The molecule has 3 rings (SSSR count). The van der Waals surface area contributed by atoms with Crippen LogP contribution in [0.15, 0.2) is 53.4 Å². The molecule has 1 N–H and O–H groups in total. The molecule has 1 heterocycles. The van der Waals surface area contributed by atoms with Gasteiger partial charge < -0.3 is 5.11 Å². The van der Waals surface area contributed by atoms with Crippen molar-refractivity contribution in [3.05, 3.63) is 65.2 Å². The van der Waals surface area contributed by atoms with Gasteiger partial charge in [-0.2, -0.15) is 0 Å². The number of aliphatic hydroxyl groups excluding tert-OH is 1. The van der Waals surface area contributed by atoms with Crippen LogP contribution in [0.3, 0.4) is 0 Å². The van der Waals surface area contributed by atoms with Gasteiger partial charge in [0.2, 0.25) is 0 Å². The lowest BCUT2D eigenvalue weighted by Crippen LogP contribution is -2.16. The van der Waals surface area contributed by atoms with Crippen LogP contribution in [0, 0.1) is 12.8 Å². The number of hydrogen-bond donors (Lipinski definition) is 1. The summed E-state index contributed by atoms with van der Waals surface area (Å²) >= 11 is 1.98. The standard InChI is InChI=1S/C19H22OS/c1-14-5-4-6-15(9-14)10-16(13-20)11-18-12-17-7-2-3-8-19(17)21-18/h2-9,16,18,20H,10-13H2,1H3. The van der Waals surface area contributed by atoms with E-state index in [4.69, 9.17) is 0 Å². The van der Waals surface area contributed by atoms with Gasteiger partial charge in [-0.05, 0) is 49.3 Å². The lowest BCUT2D eigenvalue weighted by molar-refractivity contribution is 0.217. The highest BCUT2D eigenvalue weighted by molar-refractivity contribution is 8.00. The molecule has 2 unspecified atom stereocenters. The van der Waals surface area contributed by atoms with Crippen LogP contribution >= 0.6 is 11.8 Å². The maximum Gasteiger partial charge on any atom is 0.0462 e. The van der Waals surface area contributed by atoms with Crippen LogP contribution in [-0.2, 0) is 12.8 Å². The summed E-state index contributed by atoms with van der Waals surface area (Å²) in [6.07, 6.45) is 3.21. The van der Waals surface area contributed by atoms with Crippen LogP contribution in [0.25, 0.3) is 0 Å². The Bertz CT molecular complexity index is 583. The molecule has 0 radical (unpaired) electrons. The van der Waals surface area contributed by atoms with Crippen LogP contribution in [0.5, 0.6) is 0 Å². The first kappa shape index (κ1) is 14.7. The van der Waals surface area contributed by atoms with E-state index in [2.05, 4.69) is 55.5 Å². The first-order valence-electron chi connectivity index (χ1n) is 7.65. The zero-order chi connectivity index (χ0) is 14.7. The lowest BCUT2D eigenvalue weighted by Gasteiger charge is -2.18. The molecule has 0 bridgehead atoms. The maximum atomic E-state index is 9.72. The van der Waals surface area contributed by atoms with Gasteiger partial charge in [0.05, 0.1) is 0 Å². The van der Waals surface area contributed by atoms with Crippen LogP contribution in [0.1, 0.15) is 23.1 Å². The average molecular weight is 298 g/mol. The SMILES string of the molecule is Cc1cccc(CC(CO)CC2Cc3ccccc3S2)c1. The van der Waals surface area contributed by atoms with Gasteiger partial charge in [0, 0.05) is 16.8 Å². The molecule has 0 aliphatic carbocycles. The van der Waals surface area contributed by atoms with Crippen LogP contribution in [0.4, 0.5) is 0 Å². The van der Waals surface area contributed by atoms with E-state index >= 15 is 0 Å². The fourth-order valence-corrected chi connectivity index (χ4v) is 4.60. The van der Waals surface area contributed by atoms with Gasteiger partial charge in [-0.25, -0.2) is 0 Å². The number of aryl methyl sites for hydroxylation is 1. The summed E-state index contributed by atoms with van der Waals surface area (Å²) in [4.78, 5) is 1.43. The fraction of sp³-hybridized carbons (Fsp3) is 0.368. The minimum Gasteiger partial charge on any atom is -0.396 e. The molecule has 1 aliphatic rings. The van der Waals surface area contributed by atoms with Crippen molar-refractivity contribution in [2.24, 2.45) is 5.92 Å². The van der Waals surface area contributed by atoms with E-state index in [9.17, 15) is 5.11 Å². The van der Waals surface area contributed by atoms with Crippen molar-refractivity contribution in [3.8, 4) is 0 Å². The first-order chi connectivity index (χ1) is 10.2. The number of fused-ring (bicyclic) bond motifs is 1. The van der Waals surface area contributed by atoms with Gasteiger partial charge >= 0.3 is 0 Å². The van der Waals surface area contributed by atoms with Gasteiger partial charge in [-0.15, -0.1) is 11.8 Å². The Kier molecular flexibility index (Phi) is 4.67. The Labute approximate surface area is 131 Å². The van der Waals surface area contributed by atoms with Gasteiger partial charge in [0.25, 0.3) is 0 Å². The first-order valence-corrected chi connectivity index (χ1v) is 8.53. The number of rotatable bonds is 5. The van der Waals surface area contributed by atoms with Crippen molar-refractivity contribution in [1.29, 1.82) is 0 Å². The summed E-state index contributed by atoms with van der Waals surface area (Å²) in [7, 11) is 0. The Morgan fingerprint density at radius 2 is 2.05 bits per heavy atom. The van der Waals surface area contributed by atoms with E-state index in [0.717, 1.165) is 19.3 Å². The number of aliphatic hydroxyl groups is 1. The Balaban J connectivity index is 1.61. The molecule has 0 fully saturated rings. The molecule has 0 aromatic heterocycles. The predicted molar refractivity (Wildman–Crippen MR) is 89.9 cm³/mol. The number of hydrogen-bond acceptors (Lipinski definition) is 2. The lowest BCUT2D eigenvalue weighted by atomic mass is 9.93. The summed E-state index contributed by atoms with van der Waals surface area (Å²) in [5, 5.41) is 10.3. The van der Waals surface area contributed by atoms with E-state index in [-0.39, 0.29) is 6.61 Å². The number of benzene rings is 2. The topological polar surface area (TPSA) is 20.2 Å². The van der Waals surface area contributed by atoms with E-state index in [1.54, 1.807) is 0 Å². The predicted octanol–water partition coefficient (Wildman–Crippen LogP) is 4.25. The molecule has 0 saturated heterocycles. The minimum atomic E-state index is 0.279. The average Bonchev–Trinajstić information content (AvgIpc) is 2.89. The van der Waals surface area contributed by atoms with E-state index in [1.165, 1.54) is 21.6 Å². The van der Waals surface area contributed by atoms with E-state index in [1.807, 2.05) is 11.8 Å². The quantitative estimate of drug-likeness (QED) is 0.890. The second-order valence-electron chi connectivity index (χ2n) is 6.03. The van der Waals surface area contributed by atoms with Crippen molar-refractivity contribution in [3.63, 3.8) is 0 Å². The second kappa shape index (κ2) is 6.67. The molecule has 2 aromatic rings. The van der Waals surface area contributed by atoms with Gasteiger partial charge in [-0.1, -0.05) is 48.0 Å². The summed E-state index contributed by atoms with van der Waals surface area (Å²) < 4.78 is 0. The summed E-state index contributed by atoms with van der Waals surface area (Å²) in [6.45, 7) is 2.41. The van der Waals surface area contributed by atoms with Crippen molar-refractivity contribution in [2.45, 2.75) is 36.3 Å². The molecular formula is C19H22OS. The molecule has 0 saturated carbocycles. The molecule has 1 nitrogen and oxygen atoms in total. The fourth-order valence-electron chi connectivity index (χ4n) is 3.15. The van der Waals surface area contributed by atoms with Crippen LogP contribution < -0.4 is 0 Å². The molecule has 2 heteroatoms. The third-order valence-corrected chi connectivity index (χ3v) is 5.52. The smallest absolute Gasteiger partial charge is 0.0462 e. The zero-order valence-electron chi connectivity index (χ0n) is 12.5. The molecule has 2 atom stereocenters. The molecule has 0 spiro atoms. The van der Waals surface area contributed by atoms with E-state index < -0.39 is 0 Å². The Morgan fingerprint density at radius 3 is 2.81 bits per heavy atom. The van der Waals surface area contributed by atoms with Crippen molar-refractivity contribution >= 4 is 11.8 Å². The second-order valence-corrected chi connectivity index (χ2v) is 7.37. The van der Waals surface area contributed by atoms with Gasteiger partial charge in [0.15, 0.2) is 0 Å². The highest BCUT2D eigenvalue weighted by atomic mass is 32.2. The summed E-state index contributed by atoms with van der Waals surface area (Å²) in [6, 6.07) is 17.3. The number of thioether (sulfide) groups is 1.